The normalized spacial score (nSPS) is 18.9. The van der Waals surface area contributed by atoms with E-state index in [-0.39, 0.29) is 12.0 Å². The van der Waals surface area contributed by atoms with E-state index in [0.717, 1.165) is 37.4 Å². The van der Waals surface area contributed by atoms with Gasteiger partial charge in [0.15, 0.2) is 0 Å². The number of morpholine rings is 1. The SMILES string of the molecule is CCOc1ccc(CCC(=O)NC[C@@H]2CN(C)CCO2)cc1. The van der Waals surface area contributed by atoms with Crippen molar-refractivity contribution in [3.63, 3.8) is 0 Å². The molecule has 0 spiro atoms. The largest absolute Gasteiger partial charge is 0.494 e. The van der Waals surface area contributed by atoms with Crippen molar-refractivity contribution in [2.75, 3.05) is 39.9 Å². The zero-order chi connectivity index (χ0) is 15.8. The van der Waals surface area contributed by atoms with Crippen molar-refractivity contribution in [1.29, 1.82) is 0 Å². The Labute approximate surface area is 132 Å². The highest BCUT2D eigenvalue weighted by atomic mass is 16.5. The van der Waals surface area contributed by atoms with Crippen LogP contribution in [0.5, 0.6) is 5.75 Å². The highest BCUT2D eigenvalue weighted by molar-refractivity contribution is 5.76. The van der Waals surface area contributed by atoms with E-state index < -0.39 is 0 Å². The van der Waals surface area contributed by atoms with Gasteiger partial charge < -0.3 is 19.7 Å². The predicted molar refractivity (Wildman–Crippen MR) is 86.2 cm³/mol. The van der Waals surface area contributed by atoms with E-state index in [1.54, 1.807) is 0 Å². The van der Waals surface area contributed by atoms with E-state index in [2.05, 4.69) is 17.3 Å². The molecule has 0 bridgehead atoms. The monoisotopic (exact) mass is 306 g/mol. The summed E-state index contributed by atoms with van der Waals surface area (Å²) in [6, 6.07) is 7.92. The summed E-state index contributed by atoms with van der Waals surface area (Å²) in [6.45, 7) is 5.79. The number of aryl methyl sites for hydroxylation is 1. The van der Waals surface area contributed by atoms with Gasteiger partial charge in [0.05, 0.1) is 19.3 Å². The van der Waals surface area contributed by atoms with Crippen molar-refractivity contribution in [2.45, 2.75) is 25.9 Å². The lowest BCUT2D eigenvalue weighted by atomic mass is 10.1. The highest BCUT2D eigenvalue weighted by Crippen LogP contribution is 2.13. The number of carbonyl (C=O) groups excluding carboxylic acids is 1. The van der Waals surface area contributed by atoms with Crippen LogP contribution in [0.4, 0.5) is 0 Å². The molecule has 1 fully saturated rings. The number of hydrogen-bond acceptors (Lipinski definition) is 4. The van der Waals surface area contributed by atoms with E-state index in [1.165, 1.54) is 0 Å². The highest BCUT2D eigenvalue weighted by Gasteiger charge is 2.17. The number of nitrogens with zero attached hydrogens (tertiary/aromatic N) is 1. The molecule has 1 saturated heterocycles. The molecule has 2 rings (SSSR count). The molecular weight excluding hydrogens is 280 g/mol. The van der Waals surface area contributed by atoms with E-state index >= 15 is 0 Å². The molecular formula is C17H26N2O3. The van der Waals surface area contributed by atoms with Gasteiger partial charge in [0.2, 0.25) is 5.91 Å². The van der Waals surface area contributed by atoms with Gasteiger partial charge in [-0.15, -0.1) is 0 Å². The zero-order valence-corrected chi connectivity index (χ0v) is 13.5. The molecule has 0 radical (unpaired) electrons. The number of benzene rings is 1. The lowest BCUT2D eigenvalue weighted by molar-refractivity contribution is -0.122. The second kappa shape index (κ2) is 8.76. The van der Waals surface area contributed by atoms with Gasteiger partial charge in [0.25, 0.3) is 0 Å². The van der Waals surface area contributed by atoms with Crippen LogP contribution in [-0.4, -0.2) is 56.8 Å². The number of amides is 1. The number of carbonyl (C=O) groups is 1. The predicted octanol–water partition coefficient (Wildman–Crippen LogP) is 1.46. The summed E-state index contributed by atoms with van der Waals surface area (Å²) in [4.78, 5) is 14.1. The fourth-order valence-electron chi connectivity index (χ4n) is 2.48. The van der Waals surface area contributed by atoms with Crippen molar-refractivity contribution >= 4 is 5.91 Å². The van der Waals surface area contributed by atoms with Crippen molar-refractivity contribution in [3.05, 3.63) is 29.8 Å². The minimum Gasteiger partial charge on any atom is -0.494 e. The Hall–Kier alpha value is -1.59. The first-order valence-electron chi connectivity index (χ1n) is 7.96. The smallest absolute Gasteiger partial charge is 0.220 e. The van der Waals surface area contributed by atoms with Crippen LogP contribution >= 0.6 is 0 Å². The van der Waals surface area contributed by atoms with Crippen LogP contribution in [0.1, 0.15) is 18.9 Å². The summed E-state index contributed by atoms with van der Waals surface area (Å²) < 4.78 is 11.0. The van der Waals surface area contributed by atoms with E-state index in [1.807, 2.05) is 31.2 Å². The first kappa shape index (κ1) is 16.8. The van der Waals surface area contributed by atoms with Gasteiger partial charge in [0, 0.05) is 26.1 Å². The molecule has 0 aliphatic carbocycles. The quantitative estimate of drug-likeness (QED) is 0.829. The van der Waals surface area contributed by atoms with E-state index in [9.17, 15) is 4.79 Å². The van der Waals surface area contributed by atoms with Crippen LogP contribution in [0.3, 0.4) is 0 Å². The maximum absolute atomic E-state index is 11.9. The van der Waals surface area contributed by atoms with Gasteiger partial charge in [0.1, 0.15) is 5.75 Å². The maximum atomic E-state index is 11.9. The third kappa shape index (κ3) is 5.66. The molecule has 1 aliphatic rings. The van der Waals surface area contributed by atoms with E-state index in [0.29, 0.717) is 19.6 Å². The van der Waals surface area contributed by atoms with Crippen molar-refractivity contribution < 1.29 is 14.3 Å². The Morgan fingerprint density at radius 1 is 1.41 bits per heavy atom. The Morgan fingerprint density at radius 3 is 2.86 bits per heavy atom. The Bertz CT molecular complexity index is 461. The van der Waals surface area contributed by atoms with Crippen molar-refractivity contribution in [2.24, 2.45) is 0 Å². The van der Waals surface area contributed by atoms with Crippen LogP contribution in [0.15, 0.2) is 24.3 Å². The van der Waals surface area contributed by atoms with Crippen LogP contribution in [-0.2, 0) is 16.0 Å². The first-order chi connectivity index (χ1) is 10.7. The second-order valence-corrected chi connectivity index (χ2v) is 5.64. The Kier molecular flexibility index (Phi) is 6.68. The molecule has 1 aromatic rings. The number of ether oxygens (including phenoxy) is 2. The minimum absolute atomic E-state index is 0.0747. The van der Waals surface area contributed by atoms with Crippen molar-refractivity contribution in [3.8, 4) is 5.75 Å². The first-order valence-corrected chi connectivity index (χ1v) is 7.96. The van der Waals surface area contributed by atoms with Gasteiger partial charge >= 0.3 is 0 Å². The third-order valence-electron chi connectivity index (χ3n) is 3.74. The molecule has 0 unspecified atom stereocenters. The Balaban J connectivity index is 1.66. The molecule has 1 N–H and O–H groups in total. The molecule has 1 atom stereocenters. The van der Waals surface area contributed by atoms with Crippen LogP contribution in [0.25, 0.3) is 0 Å². The Morgan fingerprint density at radius 2 is 2.18 bits per heavy atom. The number of hydrogen-bond donors (Lipinski definition) is 1. The lowest BCUT2D eigenvalue weighted by Gasteiger charge is -2.30. The van der Waals surface area contributed by atoms with Gasteiger partial charge in [-0.3, -0.25) is 4.79 Å². The lowest BCUT2D eigenvalue weighted by Crippen LogP contribution is -2.45. The van der Waals surface area contributed by atoms with Crippen LogP contribution in [0.2, 0.25) is 0 Å². The topological polar surface area (TPSA) is 50.8 Å². The summed E-state index contributed by atoms with van der Waals surface area (Å²) >= 11 is 0. The van der Waals surface area contributed by atoms with Gasteiger partial charge in [-0.05, 0) is 38.1 Å². The second-order valence-electron chi connectivity index (χ2n) is 5.64. The molecule has 1 amide bonds. The summed E-state index contributed by atoms with van der Waals surface area (Å²) in [7, 11) is 2.07. The van der Waals surface area contributed by atoms with Crippen LogP contribution < -0.4 is 10.1 Å². The summed E-state index contributed by atoms with van der Waals surface area (Å²) in [6.07, 6.45) is 1.34. The zero-order valence-electron chi connectivity index (χ0n) is 13.5. The number of nitrogens with one attached hydrogen (secondary N) is 1. The average Bonchev–Trinajstić information content (AvgIpc) is 2.53. The maximum Gasteiger partial charge on any atom is 0.220 e. The van der Waals surface area contributed by atoms with Gasteiger partial charge in [-0.25, -0.2) is 0 Å². The molecule has 1 aromatic carbocycles. The average molecular weight is 306 g/mol. The number of likely N-dealkylation sites (N-methyl/N-ethyl adjacent to an activating group) is 1. The standard InChI is InChI=1S/C17H26N2O3/c1-3-21-15-7-4-14(5-8-15)6-9-17(20)18-12-16-13-19(2)10-11-22-16/h4-5,7-8,16H,3,6,9-13H2,1-2H3,(H,18,20)/t16-/m1/s1. The fraction of sp³-hybridized carbons (Fsp3) is 0.588. The molecule has 5 heteroatoms. The van der Waals surface area contributed by atoms with Crippen molar-refractivity contribution in [1.82, 2.24) is 10.2 Å². The van der Waals surface area contributed by atoms with E-state index in [4.69, 9.17) is 9.47 Å². The third-order valence-corrected chi connectivity index (χ3v) is 3.74. The molecule has 22 heavy (non-hydrogen) atoms. The molecule has 122 valence electrons. The number of rotatable bonds is 7. The van der Waals surface area contributed by atoms with Gasteiger partial charge in [-0.1, -0.05) is 12.1 Å². The summed E-state index contributed by atoms with van der Waals surface area (Å²) in [5.41, 5.74) is 1.15. The molecule has 1 heterocycles. The summed E-state index contributed by atoms with van der Waals surface area (Å²) in [5, 5.41) is 2.96. The fourth-order valence-corrected chi connectivity index (χ4v) is 2.48. The summed E-state index contributed by atoms with van der Waals surface area (Å²) in [5.74, 6) is 0.944. The van der Waals surface area contributed by atoms with Gasteiger partial charge in [-0.2, -0.15) is 0 Å². The molecule has 0 saturated carbocycles. The van der Waals surface area contributed by atoms with Crippen LogP contribution in [0, 0.1) is 0 Å². The molecule has 0 aromatic heterocycles. The minimum atomic E-state index is 0.0747. The molecule has 1 aliphatic heterocycles. The molecule has 5 nitrogen and oxygen atoms in total.